The van der Waals surface area contributed by atoms with Crippen molar-refractivity contribution in [2.24, 2.45) is 10.6 Å². The van der Waals surface area contributed by atoms with Crippen molar-refractivity contribution >= 4 is 11.5 Å². The summed E-state index contributed by atoms with van der Waals surface area (Å²) >= 11 is 0. The fourth-order valence-corrected chi connectivity index (χ4v) is 3.79. The maximum atomic E-state index is 14.3. The number of allylic oxidation sites excluding steroid dienone is 6. The van der Waals surface area contributed by atoms with Gasteiger partial charge in [-0.3, -0.25) is 0 Å². The smallest absolute Gasteiger partial charge is 0.335 e. The predicted molar refractivity (Wildman–Crippen MR) is 135 cm³/mol. The minimum Gasteiger partial charge on any atom is -0.478 e. The second-order valence-corrected chi connectivity index (χ2v) is 9.43. The summed E-state index contributed by atoms with van der Waals surface area (Å²) in [6.45, 7) is 6.44. The molecule has 176 valence electrons. The topological polar surface area (TPSA) is 66.7 Å². The van der Waals surface area contributed by atoms with Crippen LogP contribution in [0.2, 0.25) is 0 Å². The number of benzene rings is 2. The van der Waals surface area contributed by atoms with Gasteiger partial charge in [0.15, 0.2) is 0 Å². The van der Waals surface area contributed by atoms with Crippen LogP contribution in [0.25, 0.3) is 5.57 Å². The highest BCUT2D eigenvalue weighted by atomic mass is 19.1. The summed E-state index contributed by atoms with van der Waals surface area (Å²) in [4.78, 5) is 22.7. The van der Waals surface area contributed by atoms with Crippen LogP contribution in [0.5, 0.6) is 0 Å². The summed E-state index contributed by atoms with van der Waals surface area (Å²) < 4.78 is 14.3. The number of aryl methyl sites for hydroxylation is 1. The van der Waals surface area contributed by atoms with Crippen molar-refractivity contribution in [3.05, 3.63) is 117 Å². The maximum Gasteiger partial charge on any atom is 0.335 e. The zero-order valence-corrected chi connectivity index (χ0v) is 19.8. The molecule has 0 heterocycles. The van der Waals surface area contributed by atoms with Crippen LogP contribution in [-0.2, 0) is 6.42 Å². The average Bonchev–Trinajstić information content (AvgIpc) is 2.80. The van der Waals surface area contributed by atoms with E-state index >= 15 is 0 Å². The minimum absolute atomic E-state index is 0.0147. The lowest BCUT2D eigenvalue weighted by Crippen LogP contribution is -2.09. The van der Waals surface area contributed by atoms with Gasteiger partial charge in [-0.2, -0.15) is 0 Å². The van der Waals surface area contributed by atoms with Crippen LogP contribution in [0, 0.1) is 23.1 Å². The highest BCUT2D eigenvalue weighted by molar-refractivity contribution is 5.87. The second kappa shape index (κ2) is 11.0. The molecule has 1 aliphatic carbocycles. The average molecular weight is 460 g/mol. The summed E-state index contributed by atoms with van der Waals surface area (Å²) in [6.07, 6.45) is 12.3. The molecule has 0 aromatic heterocycles. The van der Waals surface area contributed by atoms with E-state index in [4.69, 9.17) is 5.11 Å². The Morgan fingerprint density at radius 1 is 1.12 bits per heavy atom. The van der Waals surface area contributed by atoms with E-state index in [1.165, 1.54) is 28.8 Å². The summed E-state index contributed by atoms with van der Waals surface area (Å²) in [6, 6.07) is 12.2. The molecule has 34 heavy (non-hydrogen) atoms. The number of hydrogen-bond donors (Lipinski definition) is 1. The molecule has 0 aliphatic heterocycles. The van der Waals surface area contributed by atoms with E-state index in [0.717, 1.165) is 18.9 Å². The van der Waals surface area contributed by atoms with Crippen LogP contribution in [0.1, 0.15) is 60.2 Å². The number of nitrogens with zero attached hydrogens (tertiary/aromatic N) is 1. The molecule has 0 radical (unpaired) electrons. The largest absolute Gasteiger partial charge is 0.478 e. The Kier molecular flexibility index (Phi) is 8.11. The van der Waals surface area contributed by atoms with Gasteiger partial charge in [0, 0.05) is 0 Å². The second-order valence-electron chi connectivity index (χ2n) is 9.43. The quantitative estimate of drug-likeness (QED) is 0.448. The van der Waals surface area contributed by atoms with E-state index in [2.05, 4.69) is 56.3 Å². The highest BCUT2D eigenvalue weighted by Gasteiger charge is 2.18. The van der Waals surface area contributed by atoms with Crippen LogP contribution in [-0.4, -0.2) is 11.1 Å². The maximum absolute atomic E-state index is 14.3. The van der Waals surface area contributed by atoms with E-state index in [1.807, 2.05) is 18.2 Å². The monoisotopic (exact) mass is 459 g/mol. The minimum atomic E-state index is -1.19. The molecule has 2 aromatic rings. The van der Waals surface area contributed by atoms with Crippen molar-refractivity contribution in [3.63, 3.8) is 0 Å². The molecule has 0 saturated carbocycles. The fourth-order valence-electron chi connectivity index (χ4n) is 3.79. The third-order valence-electron chi connectivity index (χ3n) is 6.04. The molecular formula is C29H30FNO3. The van der Waals surface area contributed by atoms with E-state index in [0.29, 0.717) is 17.6 Å². The van der Waals surface area contributed by atoms with Gasteiger partial charge in [0.1, 0.15) is 11.5 Å². The third-order valence-corrected chi connectivity index (χ3v) is 6.04. The first-order chi connectivity index (χ1) is 16.2. The summed E-state index contributed by atoms with van der Waals surface area (Å²) in [5.41, 5.74) is 4.76. The van der Waals surface area contributed by atoms with Crippen molar-refractivity contribution in [2.45, 2.75) is 46.5 Å². The van der Waals surface area contributed by atoms with Crippen molar-refractivity contribution in [2.75, 3.05) is 0 Å². The first-order valence-corrected chi connectivity index (χ1v) is 11.4. The third kappa shape index (κ3) is 6.70. The zero-order valence-electron chi connectivity index (χ0n) is 19.8. The van der Waals surface area contributed by atoms with Crippen molar-refractivity contribution < 1.29 is 14.3 Å². The van der Waals surface area contributed by atoms with E-state index < -0.39 is 11.8 Å². The number of halogens is 1. The molecule has 0 bridgehead atoms. The summed E-state index contributed by atoms with van der Waals surface area (Å²) in [7, 11) is 0. The van der Waals surface area contributed by atoms with Gasteiger partial charge in [-0.1, -0.05) is 80.1 Å². The van der Waals surface area contributed by atoms with Gasteiger partial charge in [-0.25, -0.2) is 9.18 Å². The highest BCUT2D eigenvalue weighted by Crippen LogP contribution is 2.32. The molecule has 0 amide bonds. The standard InChI is InChI=1S/C29H30FNO3/c1-20-7-9-22(10-8-20)21-5-4-6-24(16-18-29(2,3)17-15-21)27(31-34)14-13-23-11-12-25(28(32)33)19-26(23)30/h4,6-12,14-16,19H,5,13,17-18H2,1-3H3,(H,32,33). The van der Waals surface area contributed by atoms with Crippen molar-refractivity contribution in [3.8, 4) is 0 Å². The molecule has 1 aliphatic rings. The molecule has 0 unspecified atom stereocenters. The fraction of sp³-hybridized carbons (Fsp3) is 0.276. The Bertz CT molecular complexity index is 1180. The van der Waals surface area contributed by atoms with Gasteiger partial charge in [0.25, 0.3) is 0 Å². The number of carboxylic acids is 1. The number of hydrogen-bond acceptors (Lipinski definition) is 3. The molecule has 0 fully saturated rings. The number of carboxylic acid groups (broad SMARTS) is 1. The van der Waals surface area contributed by atoms with Crippen molar-refractivity contribution in [1.82, 2.24) is 0 Å². The lowest BCUT2D eigenvalue weighted by Gasteiger charge is -2.23. The van der Waals surface area contributed by atoms with Gasteiger partial charge in [-0.05, 0) is 77.6 Å². The molecule has 1 N–H and O–H groups in total. The lowest BCUT2D eigenvalue weighted by molar-refractivity contribution is 0.0696. The number of rotatable bonds is 6. The first kappa shape index (κ1) is 25.0. The molecule has 0 atom stereocenters. The van der Waals surface area contributed by atoms with Crippen LogP contribution in [0.15, 0.2) is 89.3 Å². The van der Waals surface area contributed by atoms with Crippen LogP contribution in [0.4, 0.5) is 4.39 Å². The SMILES string of the molecule is Cc1ccc(C2=CCC(C)(C)CC=C(C(=CCc3ccc(C(=O)O)cc3F)N=O)C=CC2)cc1. The van der Waals surface area contributed by atoms with E-state index in [1.54, 1.807) is 6.08 Å². The summed E-state index contributed by atoms with van der Waals surface area (Å²) in [5.74, 6) is -1.81. The van der Waals surface area contributed by atoms with E-state index in [9.17, 15) is 14.1 Å². The first-order valence-electron chi connectivity index (χ1n) is 11.4. The van der Waals surface area contributed by atoms with Gasteiger partial charge >= 0.3 is 5.97 Å². The molecule has 5 heteroatoms. The van der Waals surface area contributed by atoms with Crippen LogP contribution >= 0.6 is 0 Å². The van der Waals surface area contributed by atoms with Crippen LogP contribution < -0.4 is 0 Å². The summed E-state index contributed by atoms with van der Waals surface area (Å²) in [5, 5.41) is 12.2. The normalized spacial score (nSPS) is 16.4. The lowest BCUT2D eigenvalue weighted by atomic mass is 9.82. The molecule has 2 aromatic carbocycles. The Hall–Kier alpha value is -3.60. The van der Waals surface area contributed by atoms with Gasteiger partial charge in [0.05, 0.1) is 5.56 Å². The number of nitroso groups, excluding NO2 is 1. The molecule has 3 rings (SSSR count). The number of carbonyl (C=O) groups is 1. The Labute approximate surface area is 200 Å². The van der Waals surface area contributed by atoms with E-state index in [-0.39, 0.29) is 23.1 Å². The Morgan fingerprint density at radius 3 is 2.47 bits per heavy atom. The molecular weight excluding hydrogens is 429 g/mol. The van der Waals surface area contributed by atoms with Crippen LogP contribution in [0.3, 0.4) is 0 Å². The number of aromatic carboxylic acids is 1. The zero-order chi connectivity index (χ0) is 24.7. The molecule has 0 spiro atoms. The molecule has 0 saturated heterocycles. The van der Waals surface area contributed by atoms with Gasteiger partial charge in [-0.15, -0.1) is 4.91 Å². The van der Waals surface area contributed by atoms with Crippen molar-refractivity contribution in [1.29, 1.82) is 0 Å². The molecule has 4 nitrogen and oxygen atoms in total. The van der Waals surface area contributed by atoms with Gasteiger partial charge < -0.3 is 5.11 Å². The Balaban J connectivity index is 1.87. The predicted octanol–water partition coefficient (Wildman–Crippen LogP) is 7.80. The van der Waals surface area contributed by atoms with Gasteiger partial charge in [0.2, 0.25) is 0 Å². The Morgan fingerprint density at radius 2 is 1.82 bits per heavy atom.